The molecule has 0 unspecified atom stereocenters. The van der Waals surface area contributed by atoms with Gasteiger partial charge in [-0.15, -0.1) is 0 Å². The van der Waals surface area contributed by atoms with Gasteiger partial charge in [0.2, 0.25) is 5.91 Å². The molecular formula is C21H19N3O3S. The van der Waals surface area contributed by atoms with Gasteiger partial charge in [-0.25, -0.2) is 4.98 Å². The van der Waals surface area contributed by atoms with Gasteiger partial charge in [0, 0.05) is 0 Å². The van der Waals surface area contributed by atoms with Crippen LogP contribution in [-0.2, 0) is 4.79 Å². The molecule has 0 aliphatic carbocycles. The number of imide groups is 1. The van der Waals surface area contributed by atoms with Crippen LogP contribution in [-0.4, -0.2) is 33.6 Å². The van der Waals surface area contributed by atoms with Crippen molar-refractivity contribution < 1.29 is 14.4 Å². The standard InChI is InChI=1S/C21H19N3O3S/c1-3-12(2)17(24-19(26)13-8-4-5-9-14(13)20(24)27)18(25)23-21-22-15-10-6-7-11-16(15)28-21/h4-12,17H,3H2,1-2H3,(H,22,23,25)/t12-,17-/m0/s1. The summed E-state index contributed by atoms with van der Waals surface area (Å²) in [5.74, 6) is -1.45. The highest BCUT2D eigenvalue weighted by Gasteiger charge is 2.44. The lowest BCUT2D eigenvalue weighted by Crippen LogP contribution is -2.50. The van der Waals surface area contributed by atoms with E-state index >= 15 is 0 Å². The predicted octanol–water partition coefficient (Wildman–Crippen LogP) is 3.95. The van der Waals surface area contributed by atoms with Crippen LogP contribution in [0.4, 0.5) is 5.13 Å². The maximum absolute atomic E-state index is 13.1. The molecule has 1 aromatic heterocycles. The smallest absolute Gasteiger partial charge is 0.262 e. The molecule has 2 aromatic carbocycles. The minimum absolute atomic E-state index is 0.198. The number of rotatable bonds is 5. The monoisotopic (exact) mass is 393 g/mol. The summed E-state index contributed by atoms with van der Waals surface area (Å²) in [7, 11) is 0. The average Bonchev–Trinajstić information content (AvgIpc) is 3.22. The Labute approximate surface area is 166 Å². The molecule has 3 amide bonds. The molecule has 7 heteroatoms. The molecule has 0 fully saturated rings. The van der Waals surface area contributed by atoms with Crippen molar-refractivity contribution in [3.05, 3.63) is 59.7 Å². The van der Waals surface area contributed by atoms with Crippen molar-refractivity contribution in [2.24, 2.45) is 5.92 Å². The van der Waals surface area contributed by atoms with Crippen molar-refractivity contribution in [3.8, 4) is 0 Å². The molecule has 0 saturated heterocycles. The second-order valence-electron chi connectivity index (χ2n) is 6.83. The molecule has 0 bridgehead atoms. The number of anilines is 1. The third-order valence-electron chi connectivity index (χ3n) is 5.08. The summed E-state index contributed by atoms with van der Waals surface area (Å²) in [6, 6.07) is 13.4. The minimum atomic E-state index is -0.899. The zero-order valence-corrected chi connectivity index (χ0v) is 16.3. The lowest BCUT2D eigenvalue weighted by Gasteiger charge is -2.29. The molecule has 28 heavy (non-hydrogen) atoms. The van der Waals surface area contributed by atoms with E-state index in [9.17, 15) is 14.4 Å². The van der Waals surface area contributed by atoms with E-state index in [1.807, 2.05) is 38.1 Å². The molecular weight excluding hydrogens is 374 g/mol. The van der Waals surface area contributed by atoms with Gasteiger partial charge in [-0.3, -0.25) is 19.3 Å². The van der Waals surface area contributed by atoms with Gasteiger partial charge in [-0.2, -0.15) is 0 Å². The van der Waals surface area contributed by atoms with Crippen LogP contribution in [0.3, 0.4) is 0 Å². The minimum Gasteiger partial charge on any atom is -0.300 e. The molecule has 3 aromatic rings. The number of hydrogen-bond donors (Lipinski definition) is 1. The first-order valence-corrected chi connectivity index (χ1v) is 9.96. The average molecular weight is 393 g/mol. The van der Waals surface area contributed by atoms with Gasteiger partial charge in [0.05, 0.1) is 21.3 Å². The highest BCUT2D eigenvalue weighted by molar-refractivity contribution is 7.22. The van der Waals surface area contributed by atoms with Gasteiger partial charge >= 0.3 is 0 Å². The van der Waals surface area contributed by atoms with Gasteiger partial charge < -0.3 is 5.32 Å². The predicted molar refractivity (Wildman–Crippen MR) is 108 cm³/mol. The first-order valence-electron chi connectivity index (χ1n) is 9.14. The highest BCUT2D eigenvalue weighted by atomic mass is 32.1. The fourth-order valence-electron chi connectivity index (χ4n) is 3.42. The van der Waals surface area contributed by atoms with Gasteiger partial charge in [0.1, 0.15) is 6.04 Å². The summed E-state index contributed by atoms with van der Waals surface area (Å²) < 4.78 is 0.957. The van der Waals surface area contributed by atoms with Gasteiger partial charge in [0.25, 0.3) is 11.8 Å². The van der Waals surface area contributed by atoms with Crippen molar-refractivity contribution in [1.29, 1.82) is 0 Å². The van der Waals surface area contributed by atoms with Crippen molar-refractivity contribution >= 4 is 44.4 Å². The van der Waals surface area contributed by atoms with Crippen LogP contribution in [0.5, 0.6) is 0 Å². The number of nitrogens with one attached hydrogen (secondary N) is 1. The lowest BCUT2D eigenvalue weighted by atomic mass is 9.96. The summed E-state index contributed by atoms with van der Waals surface area (Å²) in [4.78, 5) is 44.4. The highest BCUT2D eigenvalue weighted by Crippen LogP contribution is 2.30. The molecule has 6 nitrogen and oxygen atoms in total. The SMILES string of the molecule is CC[C@H](C)[C@@H](C(=O)Nc1nc2ccccc2s1)N1C(=O)c2ccccc2C1=O. The molecule has 1 aliphatic rings. The Balaban J connectivity index is 1.66. The molecule has 1 N–H and O–H groups in total. The molecule has 1 aliphatic heterocycles. The van der Waals surface area contributed by atoms with E-state index in [2.05, 4.69) is 10.3 Å². The number of carbonyl (C=O) groups excluding carboxylic acids is 3. The fourth-order valence-corrected chi connectivity index (χ4v) is 4.29. The summed E-state index contributed by atoms with van der Waals surface area (Å²) in [6.07, 6.45) is 0.644. The molecule has 0 spiro atoms. The van der Waals surface area contributed by atoms with E-state index in [4.69, 9.17) is 0 Å². The largest absolute Gasteiger partial charge is 0.300 e. The molecule has 0 saturated carbocycles. The third-order valence-corrected chi connectivity index (χ3v) is 6.03. The topological polar surface area (TPSA) is 79.4 Å². The molecule has 4 rings (SSSR count). The Hall–Kier alpha value is -3.06. The van der Waals surface area contributed by atoms with Crippen LogP contribution in [0, 0.1) is 5.92 Å². The Bertz CT molecular complexity index is 1020. The maximum Gasteiger partial charge on any atom is 0.262 e. The Kier molecular flexibility index (Phi) is 4.68. The number of para-hydroxylation sites is 1. The summed E-state index contributed by atoms with van der Waals surface area (Å²) >= 11 is 1.36. The van der Waals surface area contributed by atoms with E-state index in [0.29, 0.717) is 22.7 Å². The van der Waals surface area contributed by atoms with Crippen LogP contribution in [0.2, 0.25) is 0 Å². The summed E-state index contributed by atoms with van der Waals surface area (Å²) in [5, 5.41) is 3.27. The van der Waals surface area contributed by atoms with Crippen LogP contribution >= 0.6 is 11.3 Å². The Morgan fingerprint density at radius 2 is 1.68 bits per heavy atom. The number of fused-ring (bicyclic) bond motifs is 2. The Morgan fingerprint density at radius 3 is 2.29 bits per heavy atom. The number of aromatic nitrogens is 1. The fraction of sp³-hybridized carbons (Fsp3) is 0.238. The summed E-state index contributed by atoms with van der Waals surface area (Å²) in [5.41, 5.74) is 1.48. The first-order chi connectivity index (χ1) is 13.5. The van der Waals surface area contributed by atoms with Crippen molar-refractivity contribution in [2.45, 2.75) is 26.3 Å². The van der Waals surface area contributed by atoms with Crippen LogP contribution < -0.4 is 5.32 Å². The number of carbonyl (C=O) groups is 3. The zero-order valence-electron chi connectivity index (χ0n) is 15.5. The Morgan fingerprint density at radius 1 is 1.07 bits per heavy atom. The third kappa shape index (κ3) is 2.97. The molecule has 142 valence electrons. The van der Waals surface area contributed by atoms with E-state index in [0.717, 1.165) is 15.1 Å². The second kappa shape index (κ2) is 7.16. The molecule has 2 atom stereocenters. The summed E-state index contributed by atoms with van der Waals surface area (Å²) in [6.45, 7) is 3.80. The number of hydrogen-bond acceptors (Lipinski definition) is 5. The van der Waals surface area contributed by atoms with E-state index in [1.54, 1.807) is 24.3 Å². The number of amides is 3. The van der Waals surface area contributed by atoms with Crippen LogP contribution in [0.25, 0.3) is 10.2 Å². The van der Waals surface area contributed by atoms with Crippen molar-refractivity contribution in [3.63, 3.8) is 0 Å². The van der Waals surface area contributed by atoms with Gasteiger partial charge in [0.15, 0.2) is 5.13 Å². The quantitative estimate of drug-likeness (QED) is 0.666. The van der Waals surface area contributed by atoms with Gasteiger partial charge in [-0.1, -0.05) is 55.9 Å². The molecule has 0 radical (unpaired) electrons. The maximum atomic E-state index is 13.1. The number of benzene rings is 2. The normalized spacial score (nSPS) is 15.6. The van der Waals surface area contributed by atoms with Crippen molar-refractivity contribution in [1.82, 2.24) is 9.88 Å². The lowest BCUT2D eigenvalue weighted by molar-refractivity contribution is -0.121. The number of nitrogens with zero attached hydrogens (tertiary/aromatic N) is 2. The number of thiazole rings is 1. The van der Waals surface area contributed by atoms with Crippen LogP contribution in [0.1, 0.15) is 41.0 Å². The molecule has 2 heterocycles. The van der Waals surface area contributed by atoms with E-state index in [-0.39, 0.29) is 5.92 Å². The van der Waals surface area contributed by atoms with Gasteiger partial charge in [-0.05, 0) is 30.2 Å². The first kappa shape index (κ1) is 18.3. The van der Waals surface area contributed by atoms with Crippen LogP contribution in [0.15, 0.2) is 48.5 Å². The van der Waals surface area contributed by atoms with E-state index < -0.39 is 23.8 Å². The van der Waals surface area contributed by atoms with E-state index in [1.165, 1.54) is 11.3 Å². The second-order valence-corrected chi connectivity index (χ2v) is 7.86. The zero-order chi connectivity index (χ0) is 19.8. The van der Waals surface area contributed by atoms with Crippen molar-refractivity contribution in [2.75, 3.05) is 5.32 Å².